The zero-order valence-electron chi connectivity index (χ0n) is 15.1. The van der Waals surface area contributed by atoms with Crippen LogP contribution in [0.2, 0.25) is 0 Å². The molecule has 0 spiro atoms. The zero-order valence-corrected chi connectivity index (χ0v) is 15.1. The molecule has 134 valence electrons. The molecule has 0 saturated carbocycles. The van der Waals surface area contributed by atoms with Gasteiger partial charge in [-0.05, 0) is 25.1 Å². The van der Waals surface area contributed by atoms with Crippen molar-refractivity contribution in [3.05, 3.63) is 58.7 Å². The van der Waals surface area contributed by atoms with Crippen molar-refractivity contribution in [1.29, 1.82) is 0 Å². The number of rotatable bonds is 3. The summed E-state index contributed by atoms with van der Waals surface area (Å²) < 4.78 is 1.51. The molecule has 2 aromatic heterocycles. The van der Waals surface area contributed by atoms with Gasteiger partial charge < -0.3 is 9.47 Å². The number of piperazine rings is 1. The van der Waals surface area contributed by atoms with Gasteiger partial charge in [0.25, 0.3) is 5.56 Å². The molecule has 0 unspecified atom stereocenters. The molecular weight excluding hydrogens is 328 g/mol. The highest BCUT2D eigenvalue weighted by atomic mass is 16.1. The molecule has 0 amide bonds. The molecular formula is C19H22N6O. The minimum Gasteiger partial charge on any atom is -0.369 e. The van der Waals surface area contributed by atoms with Gasteiger partial charge in [-0.1, -0.05) is 0 Å². The maximum Gasteiger partial charge on any atom is 0.260 e. The molecule has 1 saturated heterocycles. The van der Waals surface area contributed by atoms with Gasteiger partial charge in [-0.2, -0.15) is 0 Å². The van der Waals surface area contributed by atoms with Gasteiger partial charge in [0.15, 0.2) is 0 Å². The molecule has 0 radical (unpaired) electrons. The second-order valence-electron chi connectivity index (χ2n) is 6.76. The van der Waals surface area contributed by atoms with Crippen LogP contribution in [-0.2, 0) is 13.6 Å². The Morgan fingerprint density at radius 3 is 2.50 bits per heavy atom. The molecule has 3 aromatic rings. The summed E-state index contributed by atoms with van der Waals surface area (Å²) in [7, 11) is 1.72. The summed E-state index contributed by atoms with van der Waals surface area (Å²) in [6, 6.07) is 5.92. The number of benzene rings is 1. The highest BCUT2D eigenvalue weighted by molar-refractivity contribution is 5.81. The van der Waals surface area contributed by atoms with Crippen LogP contribution < -0.4 is 10.5 Å². The summed E-state index contributed by atoms with van der Waals surface area (Å²) in [5.74, 6) is 0.804. The van der Waals surface area contributed by atoms with Gasteiger partial charge >= 0.3 is 0 Å². The van der Waals surface area contributed by atoms with Gasteiger partial charge in [-0.25, -0.2) is 15.0 Å². The van der Waals surface area contributed by atoms with Crippen LogP contribution in [0.5, 0.6) is 0 Å². The summed E-state index contributed by atoms with van der Waals surface area (Å²) in [6.45, 7) is 6.64. The maximum atomic E-state index is 12.1. The third kappa shape index (κ3) is 3.30. The third-order valence-electron chi connectivity index (χ3n) is 4.88. The van der Waals surface area contributed by atoms with Gasteiger partial charge in [0.1, 0.15) is 5.82 Å². The van der Waals surface area contributed by atoms with E-state index < -0.39 is 0 Å². The second-order valence-corrected chi connectivity index (χ2v) is 6.76. The average molecular weight is 350 g/mol. The van der Waals surface area contributed by atoms with E-state index in [1.54, 1.807) is 13.4 Å². The minimum atomic E-state index is -0.00770. The third-order valence-corrected chi connectivity index (χ3v) is 4.88. The lowest BCUT2D eigenvalue weighted by molar-refractivity contribution is 0.249. The minimum absolute atomic E-state index is 0.00770. The van der Waals surface area contributed by atoms with E-state index in [0.717, 1.165) is 55.3 Å². The quantitative estimate of drug-likeness (QED) is 0.710. The summed E-state index contributed by atoms with van der Waals surface area (Å²) in [5, 5.41) is 0.664. The van der Waals surface area contributed by atoms with Crippen molar-refractivity contribution in [1.82, 2.24) is 24.4 Å². The Morgan fingerprint density at radius 2 is 1.77 bits per heavy atom. The molecule has 0 atom stereocenters. The number of aryl methyl sites for hydroxylation is 2. The number of hydrogen-bond donors (Lipinski definition) is 0. The molecule has 7 nitrogen and oxygen atoms in total. The normalized spacial score (nSPS) is 15.5. The molecule has 1 aromatic carbocycles. The van der Waals surface area contributed by atoms with E-state index in [1.165, 1.54) is 4.57 Å². The Balaban J connectivity index is 1.44. The summed E-state index contributed by atoms with van der Waals surface area (Å²) in [5.41, 5.74) is 3.02. The molecule has 1 aliphatic rings. The predicted octanol–water partition coefficient (Wildman–Crippen LogP) is 1.35. The van der Waals surface area contributed by atoms with Crippen LogP contribution >= 0.6 is 0 Å². The fourth-order valence-electron chi connectivity index (χ4n) is 3.32. The highest BCUT2D eigenvalue weighted by Gasteiger charge is 2.18. The van der Waals surface area contributed by atoms with Gasteiger partial charge in [0.05, 0.1) is 17.2 Å². The number of nitrogens with zero attached hydrogens (tertiary/aromatic N) is 6. The van der Waals surface area contributed by atoms with Crippen molar-refractivity contribution in [3.63, 3.8) is 0 Å². The lowest BCUT2D eigenvalue weighted by atomic mass is 10.2. The van der Waals surface area contributed by atoms with Crippen molar-refractivity contribution in [2.75, 3.05) is 31.1 Å². The van der Waals surface area contributed by atoms with Crippen molar-refractivity contribution in [3.8, 4) is 0 Å². The smallest absolute Gasteiger partial charge is 0.260 e. The topological polar surface area (TPSA) is 67.2 Å². The van der Waals surface area contributed by atoms with E-state index in [-0.39, 0.29) is 5.56 Å². The van der Waals surface area contributed by atoms with E-state index in [1.807, 2.05) is 37.5 Å². The molecule has 1 fully saturated rings. The molecule has 4 rings (SSSR count). The molecule has 0 bridgehead atoms. The highest BCUT2D eigenvalue weighted by Crippen LogP contribution is 2.20. The SMILES string of the molecule is Cc1ncc(CN2CCN(c3ccc4c(=O)n(C)cnc4c3)CC2)cn1. The monoisotopic (exact) mass is 350 g/mol. The number of hydrogen-bond acceptors (Lipinski definition) is 6. The van der Waals surface area contributed by atoms with Crippen LogP contribution in [-0.4, -0.2) is 50.6 Å². The largest absolute Gasteiger partial charge is 0.369 e. The van der Waals surface area contributed by atoms with E-state index in [2.05, 4.69) is 24.8 Å². The van der Waals surface area contributed by atoms with Crippen molar-refractivity contribution in [2.45, 2.75) is 13.5 Å². The molecule has 7 heteroatoms. The standard InChI is InChI=1S/C19H22N6O/c1-14-20-10-15(11-21-14)12-24-5-7-25(8-6-24)16-3-4-17-18(9-16)22-13-23(2)19(17)26/h3-4,9-11,13H,5-8,12H2,1-2H3. The van der Waals surface area contributed by atoms with Gasteiger partial charge in [-0.15, -0.1) is 0 Å². The molecule has 26 heavy (non-hydrogen) atoms. The predicted molar refractivity (Wildman–Crippen MR) is 101 cm³/mol. The van der Waals surface area contributed by atoms with Gasteiger partial charge in [-0.3, -0.25) is 9.69 Å². The zero-order chi connectivity index (χ0) is 18.1. The molecule has 1 aliphatic heterocycles. The Labute approximate surface area is 151 Å². The first-order chi connectivity index (χ1) is 12.6. The Kier molecular flexibility index (Phi) is 4.38. The maximum absolute atomic E-state index is 12.1. The molecule has 3 heterocycles. The second kappa shape index (κ2) is 6.84. The first-order valence-electron chi connectivity index (χ1n) is 8.80. The van der Waals surface area contributed by atoms with Crippen LogP contribution in [0.15, 0.2) is 41.7 Å². The lowest BCUT2D eigenvalue weighted by Gasteiger charge is -2.36. The fraction of sp³-hybridized carbons (Fsp3) is 0.368. The van der Waals surface area contributed by atoms with Crippen molar-refractivity contribution < 1.29 is 0 Å². The van der Waals surface area contributed by atoms with Crippen LogP contribution in [0.1, 0.15) is 11.4 Å². The summed E-state index contributed by atoms with van der Waals surface area (Å²) in [6.07, 6.45) is 5.39. The fourth-order valence-corrected chi connectivity index (χ4v) is 3.32. The van der Waals surface area contributed by atoms with Gasteiger partial charge in [0, 0.05) is 63.4 Å². The van der Waals surface area contributed by atoms with Crippen LogP contribution in [0.25, 0.3) is 10.9 Å². The van der Waals surface area contributed by atoms with Crippen molar-refractivity contribution >= 4 is 16.6 Å². The number of fused-ring (bicyclic) bond motifs is 1. The number of aromatic nitrogens is 4. The molecule has 0 aliphatic carbocycles. The summed E-state index contributed by atoms with van der Waals surface area (Å²) >= 11 is 0. The van der Waals surface area contributed by atoms with E-state index in [9.17, 15) is 4.79 Å². The summed E-state index contributed by atoms with van der Waals surface area (Å²) in [4.78, 5) is 29.8. The van der Waals surface area contributed by atoms with Crippen molar-refractivity contribution in [2.24, 2.45) is 7.05 Å². The van der Waals surface area contributed by atoms with Gasteiger partial charge in [0.2, 0.25) is 0 Å². The molecule has 0 N–H and O–H groups in total. The van der Waals surface area contributed by atoms with Crippen LogP contribution in [0, 0.1) is 6.92 Å². The Hall–Kier alpha value is -2.80. The average Bonchev–Trinajstić information content (AvgIpc) is 2.67. The van der Waals surface area contributed by atoms with E-state index in [4.69, 9.17) is 0 Å². The first kappa shape index (κ1) is 16.7. The first-order valence-corrected chi connectivity index (χ1v) is 8.80. The Morgan fingerprint density at radius 1 is 1.04 bits per heavy atom. The lowest BCUT2D eigenvalue weighted by Crippen LogP contribution is -2.46. The Bertz CT molecular complexity index is 973. The van der Waals surface area contributed by atoms with Crippen LogP contribution in [0.3, 0.4) is 0 Å². The number of anilines is 1. The van der Waals surface area contributed by atoms with E-state index in [0.29, 0.717) is 5.39 Å². The van der Waals surface area contributed by atoms with Crippen LogP contribution in [0.4, 0.5) is 5.69 Å². The van der Waals surface area contributed by atoms with E-state index >= 15 is 0 Å².